The first-order valence-corrected chi connectivity index (χ1v) is 5.54. The first-order chi connectivity index (χ1) is 7.67. The Morgan fingerprint density at radius 3 is 2.50 bits per heavy atom. The standard InChI is InChI=1S/C13H19NO2/c1-10(9-14)3-8-13(15)11-4-6-12(16-2)7-5-11/h4-7,10H,3,8-9,14H2,1-2H3. The van der Waals surface area contributed by atoms with Gasteiger partial charge in [0.15, 0.2) is 5.78 Å². The lowest BCUT2D eigenvalue weighted by Gasteiger charge is -2.07. The zero-order chi connectivity index (χ0) is 12.0. The van der Waals surface area contributed by atoms with Gasteiger partial charge in [0.1, 0.15) is 5.75 Å². The summed E-state index contributed by atoms with van der Waals surface area (Å²) in [4.78, 5) is 11.8. The molecule has 3 heteroatoms. The number of benzene rings is 1. The van der Waals surface area contributed by atoms with Crippen LogP contribution in [0, 0.1) is 5.92 Å². The van der Waals surface area contributed by atoms with Gasteiger partial charge in [-0.25, -0.2) is 0 Å². The number of carbonyl (C=O) groups is 1. The van der Waals surface area contributed by atoms with E-state index in [9.17, 15) is 4.79 Å². The molecule has 0 amide bonds. The molecule has 1 atom stereocenters. The molecule has 0 aliphatic rings. The van der Waals surface area contributed by atoms with E-state index in [-0.39, 0.29) is 5.78 Å². The van der Waals surface area contributed by atoms with E-state index in [0.717, 1.165) is 17.7 Å². The van der Waals surface area contributed by atoms with E-state index in [1.54, 1.807) is 31.4 Å². The third-order valence-electron chi connectivity index (χ3n) is 2.68. The fourth-order valence-corrected chi connectivity index (χ4v) is 1.42. The molecule has 0 bridgehead atoms. The van der Waals surface area contributed by atoms with Crippen molar-refractivity contribution in [2.45, 2.75) is 19.8 Å². The van der Waals surface area contributed by atoms with Crippen molar-refractivity contribution < 1.29 is 9.53 Å². The summed E-state index contributed by atoms with van der Waals surface area (Å²) in [5.41, 5.74) is 6.25. The fourth-order valence-electron chi connectivity index (χ4n) is 1.42. The van der Waals surface area contributed by atoms with Gasteiger partial charge in [-0.05, 0) is 43.1 Å². The quantitative estimate of drug-likeness (QED) is 0.750. The van der Waals surface area contributed by atoms with Crippen molar-refractivity contribution in [1.82, 2.24) is 0 Å². The number of hydrogen-bond acceptors (Lipinski definition) is 3. The molecule has 3 nitrogen and oxygen atoms in total. The zero-order valence-corrected chi connectivity index (χ0v) is 9.90. The van der Waals surface area contributed by atoms with Gasteiger partial charge in [-0.3, -0.25) is 4.79 Å². The van der Waals surface area contributed by atoms with E-state index in [1.165, 1.54) is 0 Å². The molecule has 0 saturated carbocycles. The molecule has 0 aromatic heterocycles. The highest BCUT2D eigenvalue weighted by Crippen LogP contribution is 2.14. The van der Waals surface area contributed by atoms with Crippen molar-refractivity contribution in [1.29, 1.82) is 0 Å². The summed E-state index contributed by atoms with van der Waals surface area (Å²) in [6.07, 6.45) is 1.41. The van der Waals surface area contributed by atoms with Gasteiger partial charge in [0.2, 0.25) is 0 Å². The molecule has 0 spiro atoms. The predicted molar refractivity (Wildman–Crippen MR) is 64.8 cm³/mol. The average Bonchev–Trinajstić information content (AvgIpc) is 2.35. The molecule has 1 rings (SSSR count). The molecule has 16 heavy (non-hydrogen) atoms. The van der Waals surface area contributed by atoms with Crippen LogP contribution in [-0.2, 0) is 0 Å². The Balaban J connectivity index is 2.52. The molecule has 0 fully saturated rings. The fraction of sp³-hybridized carbons (Fsp3) is 0.462. The van der Waals surface area contributed by atoms with Gasteiger partial charge in [-0.15, -0.1) is 0 Å². The molecule has 1 aromatic rings. The number of carbonyl (C=O) groups excluding carboxylic acids is 1. The highest BCUT2D eigenvalue weighted by molar-refractivity contribution is 5.96. The Morgan fingerprint density at radius 2 is 2.00 bits per heavy atom. The van der Waals surface area contributed by atoms with Gasteiger partial charge >= 0.3 is 0 Å². The number of ketones is 1. The van der Waals surface area contributed by atoms with Crippen molar-refractivity contribution >= 4 is 5.78 Å². The van der Waals surface area contributed by atoms with Crippen LogP contribution in [0.25, 0.3) is 0 Å². The molecule has 1 unspecified atom stereocenters. The second kappa shape index (κ2) is 6.28. The van der Waals surface area contributed by atoms with Crippen LogP contribution in [0.4, 0.5) is 0 Å². The van der Waals surface area contributed by atoms with Crippen LogP contribution in [0.1, 0.15) is 30.1 Å². The van der Waals surface area contributed by atoms with Crippen LogP contribution < -0.4 is 10.5 Å². The van der Waals surface area contributed by atoms with Crippen LogP contribution in [-0.4, -0.2) is 19.4 Å². The number of methoxy groups -OCH3 is 1. The third-order valence-corrected chi connectivity index (χ3v) is 2.68. The second-order valence-corrected chi connectivity index (χ2v) is 4.03. The smallest absolute Gasteiger partial charge is 0.162 e. The van der Waals surface area contributed by atoms with Crippen LogP contribution in [0.3, 0.4) is 0 Å². The molecule has 1 aromatic carbocycles. The van der Waals surface area contributed by atoms with Crippen LogP contribution in [0.5, 0.6) is 5.75 Å². The summed E-state index contributed by atoms with van der Waals surface area (Å²) in [5, 5.41) is 0. The summed E-state index contributed by atoms with van der Waals surface area (Å²) < 4.78 is 5.04. The lowest BCUT2D eigenvalue weighted by molar-refractivity contribution is 0.0975. The van der Waals surface area contributed by atoms with Gasteiger partial charge < -0.3 is 10.5 Å². The number of ether oxygens (including phenoxy) is 1. The minimum Gasteiger partial charge on any atom is -0.497 e. The molecular formula is C13H19NO2. The SMILES string of the molecule is COc1ccc(C(=O)CCC(C)CN)cc1. The van der Waals surface area contributed by atoms with Gasteiger partial charge in [-0.2, -0.15) is 0 Å². The highest BCUT2D eigenvalue weighted by Gasteiger charge is 2.08. The van der Waals surface area contributed by atoms with Crippen LogP contribution in [0.2, 0.25) is 0 Å². The Morgan fingerprint density at radius 1 is 1.38 bits per heavy atom. The van der Waals surface area contributed by atoms with Crippen molar-refractivity contribution in [3.63, 3.8) is 0 Å². The summed E-state index contributed by atoms with van der Waals surface area (Å²) >= 11 is 0. The first kappa shape index (κ1) is 12.7. The molecular weight excluding hydrogens is 202 g/mol. The number of Topliss-reactive ketones (excluding diaryl/α,β-unsaturated/α-hetero) is 1. The van der Waals surface area contributed by atoms with E-state index in [4.69, 9.17) is 10.5 Å². The van der Waals surface area contributed by atoms with Crippen molar-refractivity contribution in [2.24, 2.45) is 11.7 Å². The molecule has 88 valence electrons. The molecule has 0 aliphatic heterocycles. The van der Waals surface area contributed by atoms with Gasteiger partial charge in [0.25, 0.3) is 0 Å². The van der Waals surface area contributed by atoms with Crippen LogP contribution >= 0.6 is 0 Å². The maximum Gasteiger partial charge on any atom is 0.162 e. The Kier molecular flexibility index (Phi) is 4.99. The van der Waals surface area contributed by atoms with E-state index in [2.05, 4.69) is 6.92 Å². The van der Waals surface area contributed by atoms with E-state index in [0.29, 0.717) is 18.9 Å². The topological polar surface area (TPSA) is 52.3 Å². The Labute approximate surface area is 96.6 Å². The second-order valence-electron chi connectivity index (χ2n) is 4.03. The minimum atomic E-state index is 0.169. The van der Waals surface area contributed by atoms with Gasteiger partial charge in [0, 0.05) is 12.0 Å². The lowest BCUT2D eigenvalue weighted by Crippen LogP contribution is -2.12. The lowest BCUT2D eigenvalue weighted by atomic mass is 10.0. The van der Waals surface area contributed by atoms with Crippen molar-refractivity contribution in [2.75, 3.05) is 13.7 Å². The number of hydrogen-bond donors (Lipinski definition) is 1. The first-order valence-electron chi connectivity index (χ1n) is 5.54. The third kappa shape index (κ3) is 3.66. The van der Waals surface area contributed by atoms with E-state index in [1.807, 2.05) is 0 Å². The normalized spacial score (nSPS) is 12.2. The van der Waals surface area contributed by atoms with Crippen molar-refractivity contribution in [3.05, 3.63) is 29.8 Å². The summed E-state index contributed by atoms with van der Waals surface area (Å²) in [7, 11) is 1.61. The van der Waals surface area contributed by atoms with Gasteiger partial charge in [0.05, 0.1) is 7.11 Å². The average molecular weight is 221 g/mol. The number of nitrogens with two attached hydrogens (primary N) is 1. The largest absolute Gasteiger partial charge is 0.497 e. The molecule has 0 heterocycles. The Bertz CT molecular complexity index is 332. The molecule has 0 saturated heterocycles. The predicted octanol–water partition coefficient (Wildman–Crippen LogP) is 2.25. The summed E-state index contributed by atoms with van der Waals surface area (Å²) in [5.74, 6) is 1.34. The maximum atomic E-state index is 11.8. The highest BCUT2D eigenvalue weighted by atomic mass is 16.5. The maximum absolute atomic E-state index is 11.8. The monoisotopic (exact) mass is 221 g/mol. The summed E-state index contributed by atoms with van der Waals surface area (Å²) in [6.45, 7) is 2.69. The minimum absolute atomic E-state index is 0.169. The molecule has 2 N–H and O–H groups in total. The number of rotatable bonds is 6. The van der Waals surface area contributed by atoms with E-state index >= 15 is 0 Å². The Hall–Kier alpha value is -1.35. The van der Waals surface area contributed by atoms with Gasteiger partial charge in [-0.1, -0.05) is 6.92 Å². The van der Waals surface area contributed by atoms with Crippen molar-refractivity contribution in [3.8, 4) is 5.75 Å². The molecule has 0 aliphatic carbocycles. The summed E-state index contributed by atoms with van der Waals surface area (Å²) in [6, 6.07) is 7.21. The zero-order valence-electron chi connectivity index (χ0n) is 9.90. The molecule has 0 radical (unpaired) electrons. The van der Waals surface area contributed by atoms with E-state index < -0.39 is 0 Å². The van der Waals surface area contributed by atoms with Crippen LogP contribution in [0.15, 0.2) is 24.3 Å².